The number of methoxy groups -OCH3 is 1. The fourth-order valence-corrected chi connectivity index (χ4v) is 4.61. The first-order chi connectivity index (χ1) is 14.1. The molecule has 0 bridgehead atoms. The Labute approximate surface area is 183 Å². The molecule has 0 spiro atoms. The summed E-state index contributed by atoms with van der Waals surface area (Å²) in [4.78, 5) is 27.4. The van der Waals surface area contributed by atoms with Crippen LogP contribution in [0.15, 0.2) is 42.5 Å². The summed E-state index contributed by atoms with van der Waals surface area (Å²) >= 11 is 0. The number of piperidine rings is 1. The molecule has 30 heavy (non-hydrogen) atoms. The maximum absolute atomic E-state index is 12.9. The van der Waals surface area contributed by atoms with Crippen LogP contribution in [0.2, 0.25) is 0 Å². The Morgan fingerprint density at radius 3 is 2.70 bits per heavy atom. The van der Waals surface area contributed by atoms with Crippen molar-refractivity contribution in [1.29, 1.82) is 0 Å². The third-order valence-corrected chi connectivity index (χ3v) is 6.31. The highest BCUT2D eigenvalue weighted by molar-refractivity contribution is 6.06. The number of fused-ring (bicyclic) bond motifs is 1. The number of carbonyl (C=O) groups is 2. The van der Waals surface area contributed by atoms with Crippen LogP contribution >= 0.6 is 12.4 Å². The number of rotatable bonds is 6. The van der Waals surface area contributed by atoms with E-state index in [1.54, 1.807) is 12.0 Å². The standard InChI is InChI=1S/C23H29N3O3.ClH/c1-29-16-23(9-11-24-12-10-23)15-25-22(28)18-13-21(27)26(14-18)20-8-4-6-17-5-2-3-7-19(17)20;/h2-8,18,24H,9-16H2,1H3,(H,25,28);1H. The molecule has 2 fully saturated rings. The molecular formula is C23H30ClN3O3. The number of nitrogens with zero attached hydrogens (tertiary/aromatic N) is 1. The van der Waals surface area contributed by atoms with Gasteiger partial charge in [0, 0.05) is 37.4 Å². The third kappa shape index (κ3) is 4.61. The van der Waals surface area contributed by atoms with Crippen LogP contribution in [0.5, 0.6) is 0 Å². The van der Waals surface area contributed by atoms with Gasteiger partial charge in [-0.15, -0.1) is 12.4 Å². The molecule has 2 aliphatic heterocycles. The predicted octanol–water partition coefficient (Wildman–Crippen LogP) is 2.75. The minimum Gasteiger partial charge on any atom is -0.384 e. The van der Waals surface area contributed by atoms with Gasteiger partial charge in [0.2, 0.25) is 11.8 Å². The van der Waals surface area contributed by atoms with Gasteiger partial charge in [0.25, 0.3) is 0 Å². The molecule has 0 aromatic heterocycles. The Morgan fingerprint density at radius 2 is 1.93 bits per heavy atom. The van der Waals surface area contributed by atoms with Gasteiger partial charge in [-0.3, -0.25) is 9.59 Å². The van der Waals surface area contributed by atoms with Gasteiger partial charge in [-0.1, -0.05) is 36.4 Å². The van der Waals surface area contributed by atoms with E-state index in [9.17, 15) is 9.59 Å². The van der Waals surface area contributed by atoms with E-state index >= 15 is 0 Å². The zero-order chi connectivity index (χ0) is 20.3. The first-order valence-electron chi connectivity index (χ1n) is 10.4. The molecule has 2 aromatic carbocycles. The quantitative estimate of drug-likeness (QED) is 0.737. The molecule has 2 heterocycles. The number of nitrogens with one attached hydrogen (secondary N) is 2. The number of hydrogen-bond donors (Lipinski definition) is 2. The molecule has 2 amide bonds. The topological polar surface area (TPSA) is 70.7 Å². The summed E-state index contributed by atoms with van der Waals surface area (Å²) < 4.78 is 5.43. The summed E-state index contributed by atoms with van der Waals surface area (Å²) in [5.41, 5.74) is 0.866. The maximum atomic E-state index is 12.9. The van der Waals surface area contributed by atoms with Crippen LogP contribution < -0.4 is 15.5 Å². The molecule has 4 rings (SSSR count). The summed E-state index contributed by atoms with van der Waals surface area (Å²) in [5, 5.41) is 8.62. The van der Waals surface area contributed by atoms with Crippen molar-refractivity contribution in [2.24, 2.45) is 11.3 Å². The number of hydrogen-bond acceptors (Lipinski definition) is 4. The van der Waals surface area contributed by atoms with Crippen molar-refractivity contribution in [1.82, 2.24) is 10.6 Å². The van der Waals surface area contributed by atoms with E-state index in [4.69, 9.17) is 4.74 Å². The number of carbonyl (C=O) groups excluding carboxylic acids is 2. The van der Waals surface area contributed by atoms with E-state index in [2.05, 4.69) is 10.6 Å². The Bertz CT molecular complexity index is 887. The van der Waals surface area contributed by atoms with E-state index in [-0.39, 0.29) is 42.0 Å². The van der Waals surface area contributed by atoms with Gasteiger partial charge in [0.15, 0.2) is 0 Å². The van der Waals surface area contributed by atoms with Crippen molar-refractivity contribution in [3.63, 3.8) is 0 Å². The van der Waals surface area contributed by atoms with Crippen LogP contribution in [0.1, 0.15) is 19.3 Å². The van der Waals surface area contributed by atoms with E-state index in [0.717, 1.165) is 42.4 Å². The Hall–Kier alpha value is -2.15. The average Bonchev–Trinajstić information content (AvgIpc) is 3.14. The van der Waals surface area contributed by atoms with Crippen molar-refractivity contribution in [2.75, 3.05) is 44.8 Å². The lowest BCUT2D eigenvalue weighted by Crippen LogP contribution is -2.48. The van der Waals surface area contributed by atoms with E-state index in [0.29, 0.717) is 19.7 Å². The number of ether oxygens (including phenoxy) is 1. The lowest BCUT2D eigenvalue weighted by molar-refractivity contribution is -0.127. The second-order valence-electron chi connectivity index (χ2n) is 8.30. The lowest BCUT2D eigenvalue weighted by atomic mass is 9.79. The SMILES string of the molecule is COCC1(CNC(=O)C2CC(=O)N(c3cccc4ccccc34)C2)CCNCC1.Cl. The zero-order valence-electron chi connectivity index (χ0n) is 17.4. The summed E-state index contributed by atoms with van der Waals surface area (Å²) in [6.45, 7) is 3.55. The summed E-state index contributed by atoms with van der Waals surface area (Å²) in [7, 11) is 1.71. The van der Waals surface area contributed by atoms with Gasteiger partial charge in [0.05, 0.1) is 18.2 Å². The average molecular weight is 432 g/mol. The van der Waals surface area contributed by atoms with Crippen LogP contribution in [0, 0.1) is 11.3 Å². The fraction of sp³-hybridized carbons (Fsp3) is 0.478. The molecule has 0 saturated carbocycles. The molecule has 2 aliphatic rings. The summed E-state index contributed by atoms with van der Waals surface area (Å²) in [6, 6.07) is 14.0. The molecular weight excluding hydrogens is 402 g/mol. The van der Waals surface area contributed by atoms with Crippen LogP contribution in [0.3, 0.4) is 0 Å². The molecule has 1 atom stereocenters. The number of halogens is 1. The second kappa shape index (κ2) is 9.77. The van der Waals surface area contributed by atoms with Crippen LogP contribution in [0.25, 0.3) is 10.8 Å². The molecule has 2 N–H and O–H groups in total. The number of anilines is 1. The molecule has 0 aliphatic carbocycles. The summed E-state index contributed by atoms with van der Waals surface area (Å²) in [6.07, 6.45) is 2.22. The van der Waals surface area contributed by atoms with E-state index in [1.165, 1.54) is 0 Å². The molecule has 6 nitrogen and oxygen atoms in total. The Morgan fingerprint density at radius 1 is 1.20 bits per heavy atom. The van der Waals surface area contributed by atoms with E-state index < -0.39 is 0 Å². The van der Waals surface area contributed by atoms with Crippen molar-refractivity contribution in [3.8, 4) is 0 Å². The van der Waals surface area contributed by atoms with Gasteiger partial charge in [-0.05, 0) is 37.4 Å². The smallest absolute Gasteiger partial charge is 0.227 e. The van der Waals surface area contributed by atoms with Crippen LogP contribution in [-0.4, -0.2) is 51.7 Å². The highest BCUT2D eigenvalue weighted by Gasteiger charge is 2.38. The molecule has 2 saturated heterocycles. The monoisotopic (exact) mass is 431 g/mol. The molecule has 2 aromatic rings. The van der Waals surface area contributed by atoms with Crippen molar-refractivity contribution >= 4 is 40.7 Å². The highest BCUT2D eigenvalue weighted by atomic mass is 35.5. The van der Waals surface area contributed by atoms with Gasteiger partial charge in [0.1, 0.15) is 0 Å². The van der Waals surface area contributed by atoms with Gasteiger partial charge < -0.3 is 20.3 Å². The van der Waals surface area contributed by atoms with Crippen molar-refractivity contribution in [2.45, 2.75) is 19.3 Å². The number of amides is 2. The third-order valence-electron chi connectivity index (χ3n) is 6.31. The molecule has 162 valence electrons. The summed E-state index contributed by atoms with van der Waals surface area (Å²) in [5.74, 6) is -0.340. The first kappa shape index (κ1) is 22.5. The Balaban J connectivity index is 0.00000256. The molecule has 7 heteroatoms. The van der Waals surface area contributed by atoms with Gasteiger partial charge in [-0.25, -0.2) is 0 Å². The minimum absolute atomic E-state index is 0. The molecule has 1 unspecified atom stereocenters. The fourth-order valence-electron chi connectivity index (χ4n) is 4.61. The number of benzene rings is 2. The van der Waals surface area contributed by atoms with Crippen LogP contribution in [0.4, 0.5) is 5.69 Å². The van der Waals surface area contributed by atoms with Gasteiger partial charge in [-0.2, -0.15) is 0 Å². The normalized spacial score (nSPS) is 20.8. The highest BCUT2D eigenvalue weighted by Crippen LogP contribution is 2.32. The van der Waals surface area contributed by atoms with Crippen molar-refractivity contribution in [3.05, 3.63) is 42.5 Å². The van der Waals surface area contributed by atoms with Crippen molar-refractivity contribution < 1.29 is 14.3 Å². The first-order valence-corrected chi connectivity index (χ1v) is 10.4. The predicted molar refractivity (Wildman–Crippen MR) is 121 cm³/mol. The van der Waals surface area contributed by atoms with Crippen LogP contribution in [-0.2, 0) is 14.3 Å². The maximum Gasteiger partial charge on any atom is 0.227 e. The lowest BCUT2D eigenvalue weighted by Gasteiger charge is -2.37. The molecule has 0 radical (unpaired) electrons. The zero-order valence-corrected chi connectivity index (χ0v) is 18.2. The minimum atomic E-state index is -0.317. The van der Waals surface area contributed by atoms with Gasteiger partial charge >= 0.3 is 0 Å². The Kier molecular flexibility index (Phi) is 7.34. The second-order valence-corrected chi connectivity index (χ2v) is 8.30. The van der Waals surface area contributed by atoms with E-state index in [1.807, 2.05) is 42.5 Å². The largest absolute Gasteiger partial charge is 0.384 e.